The number of nitrogens with zero attached hydrogens (tertiary/aromatic N) is 1. The number of anilines is 1. The van der Waals surface area contributed by atoms with Gasteiger partial charge in [-0.25, -0.2) is 0 Å². The van der Waals surface area contributed by atoms with Crippen LogP contribution in [-0.2, 0) is 16.0 Å². The van der Waals surface area contributed by atoms with Crippen molar-refractivity contribution in [2.45, 2.75) is 44.2 Å². The van der Waals surface area contributed by atoms with Crippen LogP contribution in [0.3, 0.4) is 0 Å². The van der Waals surface area contributed by atoms with E-state index in [2.05, 4.69) is 5.32 Å². The predicted octanol–water partition coefficient (Wildman–Crippen LogP) is 4.86. The van der Waals surface area contributed by atoms with Crippen LogP contribution in [0.15, 0.2) is 60.0 Å². The van der Waals surface area contributed by atoms with Crippen LogP contribution >= 0.6 is 11.3 Å². The molecule has 1 saturated carbocycles. The van der Waals surface area contributed by atoms with Gasteiger partial charge in [0, 0.05) is 22.7 Å². The van der Waals surface area contributed by atoms with E-state index in [1.165, 1.54) is 11.3 Å². The molecule has 1 aliphatic heterocycles. The van der Waals surface area contributed by atoms with Crippen molar-refractivity contribution in [3.63, 3.8) is 0 Å². The lowest BCUT2D eigenvalue weighted by atomic mass is 10.0. The summed E-state index contributed by atoms with van der Waals surface area (Å²) in [5.41, 5.74) is 1.29. The Kier molecular flexibility index (Phi) is 6.90. The van der Waals surface area contributed by atoms with Crippen LogP contribution in [0.4, 0.5) is 5.69 Å². The van der Waals surface area contributed by atoms with Crippen molar-refractivity contribution in [1.82, 2.24) is 5.32 Å². The summed E-state index contributed by atoms with van der Waals surface area (Å²) in [7, 11) is 1.60. The molecule has 8 heteroatoms. The monoisotopic (exact) mass is 492 g/mol. The molecule has 0 radical (unpaired) electrons. The summed E-state index contributed by atoms with van der Waals surface area (Å²) in [4.78, 5) is 30.2. The number of thiophene rings is 1. The van der Waals surface area contributed by atoms with E-state index >= 15 is 0 Å². The topological polar surface area (TPSA) is 77.1 Å². The van der Waals surface area contributed by atoms with E-state index in [1.54, 1.807) is 30.2 Å². The van der Waals surface area contributed by atoms with Gasteiger partial charge in [0.15, 0.2) is 11.5 Å². The number of ether oxygens (including phenoxy) is 3. The van der Waals surface area contributed by atoms with Gasteiger partial charge >= 0.3 is 0 Å². The molecule has 7 nitrogen and oxygen atoms in total. The molecule has 3 aromatic rings. The third-order valence-corrected chi connectivity index (χ3v) is 7.32. The Morgan fingerprint density at radius 3 is 2.57 bits per heavy atom. The molecule has 182 valence electrons. The predicted molar refractivity (Wildman–Crippen MR) is 134 cm³/mol. The van der Waals surface area contributed by atoms with Crippen LogP contribution in [0.5, 0.6) is 17.2 Å². The van der Waals surface area contributed by atoms with Crippen molar-refractivity contribution in [2.24, 2.45) is 0 Å². The van der Waals surface area contributed by atoms with E-state index < -0.39 is 6.04 Å². The van der Waals surface area contributed by atoms with Crippen molar-refractivity contribution in [1.29, 1.82) is 0 Å². The lowest BCUT2D eigenvalue weighted by Gasteiger charge is -2.32. The Morgan fingerprint density at radius 1 is 1.09 bits per heavy atom. The van der Waals surface area contributed by atoms with Gasteiger partial charge < -0.3 is 19.5 Å². The molecule has 2 aliphatic rings. The van der Waals surface area contributed by atoms with Crippen molar-refractivity contribution in [2.75, 3.05) is 18.8 Å². The molecular formula is C27H28N2O5S. The first-order valence-electron chi connectivity index (χ1n) is 11.8. The first-order valence-corrected chi connectivity index (χ1v) is 12.7. The largest absolute Gasteiger partial charge is 0.497 e. The lowest BCUT2D eigenvalue weighted by molar-refractivity contribution is -0.127. The Hall–Kier alpha value is -3.52. The zero-order valence-electron chi connectivity index (χ0n) is 19.6. The van der Waals surface area contributed by atoms with Gasteiger partial charge in [-0.2, -0.15) is 0 Å². The number of benzene rings is 2. The number of hydrogen-bond acceptors (Lipinski definition) is 6. The van der Waals surface area contributed by atoms with E-state index in [0.717, 1.165) is 30.6 Å². The zero-order valence-corrected chi connectivity index (χ0v) is 20.4. The fraction of sp³-hybridized carbons (Fsp3) is 0.333. The maximum absolute atomic E-state index is 13.8. The average molecular weight is 493 g/mol. The maximum Gasteiger partial charge on any atom is 0.248 e. The minimum Gasteiger partial charge on any atom is -0.497 e. The Balaban J connectivity index is 1.56. The number of methoxy groups -OCH3 is 1. The average Bonchev–Trinajstić information content (AvgIpc) is 3.65. The quantitative estimate of drug-likeness (QED) is 0.486. The fourth-order valence-corrected chi connectivity index (χ4v) is 5.37. The summed E-state index contributed by atoms with van der Waals surface area (Å²) >= 11 is 1.52. The third kappa shape index (κ3) is 5.12. The molecular weight excluding hydrogens is 464 g/mol. The fourth-order valence-electron chi connectivity index (χ4n) is 4.67. The van der Waals surface area contributed by atoms with Gasteiger partial charge in [0.1, 0.15) is 11.8 Å². The van der Waals surface area contributed by atoms with Crippen LogP contribution in [0.25, 0.3) is 0 Å². The van der Waals surface area contributed by atoms with Gasteiger partial charge in [0.05, 0.1) is 13.5 Å². The van der Waals surface area contributed by atoms with Gasteiger partial charge in [-0.3, -0.25) is 14.5 Å². The highest BCUT2D eigenvalue weighted by Gasteiger charge is 2.35. The molecule has 0 unspecified atom stereocenters. The number of rotatable bonds is 8. The minimum absolute atomic E-state index is 0.120. The molecule has 2 amide bonds. The Morgan fingerprint density at radius 2 is 1.86 bits per heavy atom. The highest BCUT2D eigenvalue weighted by molar-refractivity contribution is 7.10. The highest BCUT2D eigenvalue weighted by atomic mass is 32.1. The van der Waals surface area contributed by atoms with Gasteiger partial charge in [-0.05, 0) is 54.1 Å². The second-order valence-electron chi connectivity index (χ2n) is 8.72. The summed E-state index contributed by atoms with van der Waals surface area (Å²) in [5.74, 6) is 1.49. The SMILES string of the molecule is COc1ccc([C@@H](C(=O)NC2CCCC2)N(C(=O)Cc2cccs2)c2ccc3c(c2)OCO3)cc1. The van der Waals surface area contributed by atoms with Gasteiger partial charge in [-0.1, -0.05) is 31.0 Å². The van der Waals surface area contributed by atoms with Crippen molar-refractivity contribution >= 4 is 28.8 Å². The lowest BCUT2D eigenvalue weighted by Crippen LogP contribution is -2.46. The molecule has 2 aromatic carbocycles. The molecule has 5 rings (SSSR count). The number of hydrogen-bond donors (Lipinski definition) is 1. The molecule has 0 saturated heterocycles. The molecule has 0 bridgehead atoms. The van der Waals surface area contributed by atoms with E-state index in [0.29, 0.717) is 28.5 Å². The first kappa shape index (κ1) is 23.2. The van der Waals surface area contributed by atoms with Crippen LogP contribution in [0, 0.1) is 0 Å². The second-order valence-corrected chi connectivity index (χ2v) is 9.76. The molecule has 1 N–H and O–H groups in total. The Bertz CT molecular complexity index is 1170. The minimum atomic E-state index is -0.852. The van der Waals surface area contributed by atoms with Crippen molar-refractivity contribution in [3.8, 4) is 17.2 Å². The third-order valence-electron chi connectivity index (χ3n) is 6.45. The van der Waals surface area contributed by atoms with Gasteiger partial charge in [0.25, 0.3) is 0 Å². The number of carbonyl (C=O) groups excluding carboxylic acids is 2. The van der Waals surface area contributed by atoms with Crippen LogP contribution in [0.1, 0.15) is 42.2 Å². The summed E-state index contributed by atoms with van der Waals surface area (Å²) in [6, 6.07) is 15.8. The van der Waals surface area contributed by atoms with Crippen molar-refractivity contribution < 1.29 is 23.8 Å². The summed E-state index contributed by atoms with van der Waals surface area (Å²) < 4.78 is 16.4. The van der Waals surface area contributed by atoms with Crippen molar-refractivity contribution in [3.05, 3.63) is 70.4 Å². The molecule has 1 atom stereocenters. The number of nitrogens with one attached hydrogen (secondary N) is 1. The van der Waals surface area contributed by atoms with E-state index in [9.17, 15) is 9.59 Å². The number of amides is 2. The van der Waals surface area contributed by atoms with Crippen LogP contribution in [0.2, 0.25) is 0 Å². The second kappa shape index (κ2) is 10.4. The van der Waals surface area contributed by atoms with Gasteiger partial charge in [0.2, 0.25) is 18.6 Å². The smallest absolute Gasteiger partial charge is 0.248 e. The molecule has 1 aliphatic carbocycles. The summed E-state index contributed by atoms with van der Waals surface area (Å²) in [5, 5.41) is 5.15. The summed E-state index contributed by atoms with van der Waals surface area (Å²) in [6.07, 6.45) is 4.29. The molecule has 0 spiro atoms. The summed E-state index contributed by atoms with van der Waals surface area (Å²) in [6.45, 7) is 0.131. The number of fused-ring (bicyclic) bond motifs is 1. The Labute approximate surface area is 208 Å². The van der Waals surface area contributed by atoms with Gasteiger partial charge in [-0.15, -0.1) is 11.3 Å². The first-order chi connectivity index (χ1) is 17.1. The standard InChI is InChI=1S/C27H28N2O5S/c1-32-21-11-8-18(9-12-21)26(27(31)28-19-5-2-3-6-19)29(25(30)16-22-7-4-14-35-22)20-10-13-23-24(15-20)34-17-33-23/h4,7-15,19,26H,2-3,5-6,16-17H2,1H3,(H,28,31)/t26-/m0/s1. The van der Waals surface area contributed by atoms with E-state index in [-0.39, 0.29) is 31.1 Å². The molecule has 1 fully saturated rings. The van der Waals surface area contributed by atoms with Crippen LogP contribution < -0.4 is 24.4 Å². The van der Waals surface area contributed by atoms with E-state index in [1.807, 2.05) is 41.8 Å². The van der Waals surface area contributed by atoms with Crippen LogP contribution in [-0.4, -0.2) is 31.8 Å². The molecule has 2 heterocycles. The number of carbonyl (C=O) groups is 2. The zero-order chi connectivity index (χ0) is 24.2. The molecule has 35 heavy (non-hydrogen) atoms. The normalized spacial score (nSPS) is 15.6. The maximum atomic E-state index is 13.8. The molecule has 1 aromatic heterocycles. The van der Waals surface area contributed by atoms with E-state index in [4.69, 9.17) is 14.2 Å². The highest BCUT2D eigenvalue weighted by Crippen LogP contribution is 2.39.